The topological polar surface area (TPSA) is 49.4 Å². The van der Waals surface area contributed by atoms with Crippen LogP contribution in [-0.4, -0.2) is 35.8 Å². The first kappa shape index (κ1) is 17.8. The van der Waals surface area contributed by atoms with Gasteiger partial charge in [-0.1, -0.05) is 27.2 Å². The van der Waals surface area contributed by atoms with Crippen LogP contribution in [0.5, 0.6) is 0 Å². The molecule has 3 fully saturated rings. The molecule has 136 valence electrons. The molecule has 2 aliphatic carbocycles. The van der Waals surface area contributed by atoms with Gasteiger partial charge in [0.15, 0.2) is 0 Å². The summed E-state index contributed by atoms with van der Waals surface area (Å²) in [6, 6.07) is 0.340. The highest BCUT2D eigenvalue weighted by Gasteiger charge is 2.37. The summed E-state index contributed by atoms with van der Waals surface area (Å²) < 4.78 is 0. The van der Waals surface area contributed by atoms with E-state index in [1.54, 1.807) is 0 Å². The number of carbonyl (C=O) groups is 2. The van der Waals surface area contributed by atoms with Crippen LogP contribution in [0.2, 0.25) is 0 Å². The molecule has 0 spiro atoms. The molecule has 0 radical (unpaired) electrons. The van der Waals surface area contributed by atoms with Gasteiger partial charge in [0, 0.05) is 31.0 Å². The average Bonchev–Trinajstić information content (AvgIpc) is 3.39. The fourth-order valence-electron chi connectivity index (χ4n) is 4.62. The molecule has 3 unspecified atom stereocenters. The molecule has 1 N–H and O–H groups in total. The van der Waals surface area contributed by atoms with Crippen molar-refractivity contribution in [2.45, 2.75) is 71.8 Å². The van der Waals surface area contributed by atoms with Crippen molar-refractivity contribution in [3.63, 3.8) is 0 Å². The SMILES string of the molecule is CC1CCC(C(C)C)C(NC(=O)C2CCN(C(=O)C3CC3)CC2)C1. The summed E-state index contributed by atoms with van der Waals surface area (Å²) in [5.74, 6) is 2.91. The Morgan fingerprint density at radius 2 is 1.62 bits per heavy atom. The Kier molecular flexibility index (Phi) is 5.51. The van der Waals surface area contributed by atoms with E-state index in [2.05, 4.69) is 26.1 Å². The number of amides is 2. The van der Waals surface area contributed by atoms with Crippen molar-refractivity contribution in [2.24, 2.45) is 29.6 Å². The standard InChI is InChI=1S/C20H34N2O2/c1-13(2)17-7-4-14(3)12-18(17)21-19(23)15-8-10-22(11-9-15)20(24)16-5-6-16/h13-18H,4-12H2,1-3H3,(H,21,23). The van der Waals surface area contributed by atoms with E-state index < -0.39 is 0 Å². The molecule has 1 heterocycles. The lowest BCUT2D eigenvalue weighted by Gasteiger charge is -2.39. The van der Waals surface area contributed by atoms with E-state index in [1.165, 1.54) is 12.8 Å². The molecule has 0 aromatic heterocycles. The van der Waals surface area contributed by atoms with Gasteiger partial charge in [0.1, 0.15) is 0 Å². The first-order valence-electron chi connectivity index (χ1n) is 10.0. The van der Waals surface area contributed by atoms with Crippen LogP contribution in [0.1, 0.15) is 65.7 Å². The zero-order chi connectivity index (χ0) is 17.3. The molecule has 3 atom stereocenters. The molecular formula is C20H34N2O2. The summed E-state index contributed by atoms with van der Waals surface area (Å²) in [5, 5.41) is 3.39. The van der Waals surface area contributed by atoms with Crippen LogP contribution in [0.4, 0.5) is 0 Å². The van der Waals surface area contributed by atoms with E-state index in [0.29, 0.717) is 35.6 Å². The molecule has 3 rings (SSSR count). The first-order valence-corrected chi connectivity index (χ1v) is 10.0. The van der Waals surface area contributed by atoms with Gasteiger partial charge in [0.05, 0.1) is 0 Å². The second-order valence-corrected chi connectivity index (χ2v) is 8.82. The Morgan fingerprint density at radius 3 is 2.21 bits per heavy atom. The van der Waals surface area contributed by atoms with E-state index in [-0.39, 0.29) is 11.8 Å². The zero-order valence-electron chi connectivity index (χ0n) is 15.6. The number of hydrogen-bond donors (Lipinski definition) is 1. The molecule has 3 aliphatic rings. The normalized spacial score (nSPS) is 32.0. The van der Waals surface area contributed by atoms with E-state index >= 15 is 0 Å². The lowest BCUT2D eigenvalue weighted by atomic mass is 9.74. The summed E-state index contributed by atoms with van der Waals surface area (Å²) >= 11 is 0. The van der Waals surface area contributed by atoms with Gasteiger partial charge in [0.2, 0.25) is 11.8 Å². The van der Waals surface area contributed by atoms with Crippen LogP contribution in [-0.2, 0) is 9.59 Å². The minimum atomic E-state index is 0.0956. The molecule has 2 saturated carbocycles. The Bertz CT molecular complexity index is 464. The van der Waals surface area contributed by atoms with Gasteiger partial charge >= 0.3 is 0 Å². The number of piperidine rings is 1. The summed E-state index contributed by atoms with van der Waals surface area (Å²) in [7, 11) is 0. The van der Waals surface area contributed by atoms with E-state index in [4.69, 9.17) is 0 Å². The smallest absolute Gasteiger partial charge is 0.225 e. The third kappa shape index (κ3) is 4.12. The molecule has 24 heavy (non-hydrogen) atoms. The van der Waals surface area contributed by atoms with Crippen LogP contribution in [0, 0.1) is 29.6 Å². The Morgan fingerprint density at radius 1 is 0.958 bits per heavy atom. The Labute approximate surface area is 146 Å². The highest BCUT2D eigenvalue weighted by Crippen LogP contribution is 2.35. The third-order valence-electron chi connectivity index (χ3n) is 6.45. The van der Waals surface area contributed by atoms with Crippen LogP contribution >= 0.6 is 0 Å². The van der Waals surface area contributed by atoms with Crippen molar-refractivity contribution >= 4 is 11.8 Å². The molecule has 4 nitrogen and oxygen atoms in total. The molecule has 0 aromatic carbocycles. The van der Waals surface area contributed by atoms with Crippen LogP contribution in [0.25, 0.3) is 0 Å². The van der Waals surface area contributed by atoms with Crippen molar-refractivity contribution in [1.82, 2.24) is 10.2 Å². The van der Waals surface area contributed by atoms with Crippen molar-refractivity contribution in [3.8, 4) is 0 Å². The summed E-state index contributed by atoms with van der Waals surface area (Å²) in [6.45, 7) is 8.39. The van der Waals surface area contributed by atoms with Gasteiger partial charge in [-0.2, -0.15) is 0 Å². The maximum Gasteiger partial charge on any atom is 0.225 e. The number of hydrogen-bond acceptors (Lipinski definition) is 2. The molecule has 2 amide bonds. The van der Waals surface area contributed by atoms with Crippen LogP contribution in [0.3, 0.4) is 0 Å². The fraction of sp³-hybridized carbons (Fsp3) is 0.900. The number of rotatable bonds is 4. The predicted molar refractivity (Wildman–Crippen MR) is 95.3 cm³/mol. The highest BCUT2D eigenvalue weighted by atomic mass is 16.2. The number of likely N-dealkylation sites (tertiary alicyclic amines) is 1. The van der Waals surface area contributed by atoms with Gasteiger partial charge in [-0.25, -0.2) is 0 Å². The zero-order valence-corrected chi connectivity index (χ0v) is 15.6. The number of carbonyl (C=O) groups excluding carboxylic acids is 2. The fourth-order valence-corrected chi connectivity index (χ4v) is 4.62. The molecule has 1 saturated heterocycles. The van der Waals surface area contributed by atoms with Gasteiger partial charge in [-0.3, -0.25) is 9.59 Å². The van der Waals surface area contributed by atoms with Gasteiger partial charge < -0.3 is 10.2 Å². The predicted octanol–water partition coefficient (Wildman–Crippen LogP) is 3.21. The summed E-state index contributed by atoms with van der Waals surface area (Å²) in [4.78, 5) is 26.9. The maximum atomic E-state index is 12.7. The van der Waals surface area contributed by atoms with Crippen molar-refractivity contribution in [1.29, 1.82) is 0 Å². The molecule has 0 aromatic rings. The van der Waals surface area contributed by atoms with Gasteiger partial charge in [0.25, 0.3) is 0 Å². The number of nitrogens with one attached hydrogen (secondary N) is 1. The molecular weight excluding hydrogens is 300 g/mol. The number of nitrogens with zero attached hydrogens (tertiary/aromatic N) is 1. The molecule has 4 heteroatoms. The lowest BCUT2D eigenvalue weighted by Crippen LogP contribution is -2.49. The van der Waals surface area contributed by atoms with Crippen LogP contribution < -0.4 is 5.32 Å². The highest BCUT2D eigenvalue weighted by molar-refractivity contribution is 5.82. The molecule has 1 aliphatic heterocycles. The summed E-state index contributed by atoms with van der Waals surface area (Å²) in [5.41, 5.74) is 0. The van der Waals surface area contributed by atoms with E-state index in [1.807, 2.05) is 4.90 Å². The van der Waals surface area contributed by atoms with E-state index in [0.717, 1.165) is 45.2 Å². The lowest BCUT2D eigenvalue weighted by molar-refractivity contribution is -0.137. The summed E-state index contributed by atoms with van der Waals surface area (Å²) in [6.07, 6.45) is 7.44. The Hall–Kier alpha value is -1.06. The second kappa shape index (κ2) is 7.45. The minimum absolute atomic E-state index is 0.0956. The van der Waals surface area contributed by atoms with E-state index in [9.17, 15) is 9.59 Å². The Balaban J connectivity index is 1.50. The minimum Gasteiger partial charge on any atom is -0.353 e. The maximum absolute atomic E-state index is 12.7. The van der Waals surface area contributed by atoms with Crippen molar-refractivity contribution < 1.29 is 9.59 Å². The van der Waals surface area contributed by atoms with Gasteiger partial charge in [-0.15, -0.1) is 0 Å². The van der Waals surface area contributed by atoms with Crippen molar-refractivity contribution in [2.75, 3.05) is 13.1 Å². The first-order chi connectivity index (χ1) is 11.5. The third-order valence-corrected chi connectivity index (χ3v) is 6.45. The monoisotopic (exact) mass is 334 g/mol. The molecule has 0 bridgehead atoms. The second-order valence-electron chi connectivity index (χ2n) is 8.82. The quantitative estimate of drug-likeness (QED) is 0.858. The van der Waals surface area contributed by atoms with Crippen LogP contribution in [0.15, 0.2) is 0 Å². The largest absolute Gasteiger partial charge is 0.353 e. The van der Waals surface area contributed by atoms with Gasteiger partial charge in [-0.05, 0) is 56.3 Å². The average molecular weight is 335 g/mol. The van der Waals surface area contributed by atoms with Crippen molar-refractivity contribution in [3.05, 3.63) is 0 Å².